The molecule has 1 aromatic carbocycles. The third kappa shape index (κ3) is 3.29. The second-order valence-electron chi connectivity index (χ2n) is 9.07. The molecule has 1 fully saturated rings. The zero-order chi connectivity index (χ0) is 23.3. The standard InChI is InChI=1S/C24H27F2N3O3/c1-22(2)23(3,4)32-12-10-24(22,30)19-14-29(15-8-9-17(25)18(26)13-15)20(28-19)16-7-6-11-27-21(16)31-5/h6-9,11,13-14,30H,10,12H2,1-5H3. The van der Waals surface area contributed by atoms with Crippen LogP contribution in [0.1, 0.15) is 39.8 Å². The maximum absolute atomic E-state index is 14.1. The lowest BCUT2D eigenvalue weighted by Crippen LogP contribution is -2.59. The van der Waals surface area contributed by atoms with Crippen molar-refractivity contribution < 1.29 is 23.4 Å². The van der Waals surface area contributed by atoms with Gasteiger partial charge in [-0.2, -0.15) is 0 Å². The van der Waals surface area contributed by atoms with E-state index in [0.717, 1.165) is 12.1 Å². The highest BCUT2D eigenvalue weighted by Crippen LogP contribution is 2.53. The molecular weight excluding hydrogens is 416 g/mol. The second kappa shape index (κ2) is 7.64. The predicted octanol–water partition coefficient (Wildman–Crippen LogP) is 4.63. The quantitative estimate of drug-likeness (QED) is 0.637. The highest BCUT2D eigenvalue weighted by Gasteiger charge is 2.58. The summed E-state index contributed by atoms with van der Waals surface area (Å²) in [5, 5.41) is 11.9. The van der Waals surface area contributed by atoms with Crippen LogP contribution in [0, 0.1) is 17.0 Å². The van der Waals surface area contributed by atoms with Gasteiger partial charge in [0.05, 0.1) is 36.3 Å². The number of pyridine rings is 1. The second-order valence-corrected chi connectivity index (χ2v) is 9.07. The summed E-state index contributed by atoms with van der Waals surface area (Å²) in [7, 11) is 1.50. The van der Waals surface area contributed by atoms with Crippen LogP contribution in [0.2, 0.25) is 0 Å². The molecule has 0 radical (unpaired) electrons. The number of ether oxygens (including phenoxy) is 2. The van der Waals surface area contributed by atoms with Crippen LogP contribution in [-0.2, 0) is 10.3 Å². The first-order chi connectivity index (χ1) is 15.0. The molecule has 32 heavy (non-hydrogen) atoms. The number of methoxy groups -OCH3 is 1. The number of hydrogen-bond acceptors (Lipinski definition) is 5. The Labute approximate surface area is 185 Å². The van der Waals surface area contributed by atoms with E-state index in [1.807, 2.05) is 27.7 Å². The van der Waals surface area contributed by atoms with Crippen LogP contribution in [0.3, 0.4) is 0 Å². The highest BCUT2D eigenvalue weighted by molar-refractivity contribution is 5.65. The number of aliphatic hydroxyl groups is 1. The van der Waals surface area contributed by atoms with E-state index in [2.05, 4.69) is 4.98 Å². The largest absolute Gasteiger partial charge is 0.480 e. The fourth-order valence-electron chi connectivity index (χ4n) is 4.22. The van der Waals surface area contributed by atoms with Gasteiger partial charge in [0.1, 0.15) is 11.4 Å². The number of benzene rings is 1. The SMILES string of the molecule is COc1ncccc1-c1nc(C2(O)CCOC(C)(C)C2(C)C)cn1-c1ccc(F)c(F)c1. The molecule has 0 bridgehead atoms. The fourth-order valence-corrected chi connectivity index (χ4v) is 4.22. The van der Waals surface area contributed by atoms with Crippen molar-refractivity contribution in [3.8, 4) is 23.0 Å². The number of imidazole rings is 1. The maximum Gasteiger partial charge on any atom is 0.224 e. The molecule has 1 atom stereocenters. The van der Waals surface area contributed by atoms with Crippen LogP contribution in [0.5, 0.6) is 5.88 Å². The molecule has 1 aliphatic rings. The molecule has 1 unspecified atom stereocenters. The lowest BCUT2D eigenvalue weighted by Gasteiger charge is -2.54. The van der Waals surface area contributed by atoms with Gasteiger partial charge in [0.15, 0.2) is 11.6 Å². The average molecular weight is 443 g/mol. The molecule has 1 aliphatic heterocycles. The van der Waals surface area contributed by atoms with E-state index in [-0.39, 0.29) is 0 Å². The maximum atomic E-state index is 14.1. The van der Waals surface area contributed by atoms with Crippen LogP contribution < -0.4 is 4.74 Å². The van der Waals surface area contributed by atoms with Crippen molar-refractivity contribution in [2.24, 2.45) is 5.41 Å². The zero-order valence-corrected chi connectivity index (χ0v) is 18.8. The summed E-state index contributed by atoms with van der Waals surface area (Å²) in [5.74, 6) is -1.20. The average Bonchev–Trinajstić information content (AvgIpc) is 3.20. The van der Waals surface area contributed by atoms with E-state index in [9.17, 15) is 13.9 Å². The first kappa shape index (κ1) is 22.4. The summed E-state index contributed by atoms with van der Waals surface area (Å²) in [6.07, 6.45) is 3.59. The monoisotopic (exact) mass is 443 g/mol. The van der Waals surface area contributed by atoms with Crippen molar-refractivity contribution in [3.05, 3.63) is 60.1 Å². The van der Waals surface area contributed by atoms with E-state index in [1.165, 1.54) is 13.2 Å². The van der Waals surface area contributed by atoms with Crippen molar-refractivity contribution in [2.45, 2.75) is 45.3 Å². The minimum Gasteiger partial charge on any atom is -0.480 e. The Morgan fingerprint density at radius 2 is 1.88 bits per heavy atom. The molecule has 3 aromatic rings. The van der Waals surface area contributed by atoms with Crippen molar-refractivity contribution in [3.63, 3.8) is 0 Å². The molecule has 0 amide bonds. The third-order valence-corrected chi connectivity index (χ3v) is 6.98. The summed E-state index contributed by atoms with van der Waals surface area (Å²) < 4.78 is 40.7. The fraction of sp³-hybridized carbons (Fsp3) is 0.417. The number of rotatable bonds is 4. The summed E-state index contributed by atoms with van der Waals surface area (Å²) >= 11 is 0. The summed E-state index contributed by atoms with van der Waals surface area (Å²) in [6, 6.07) is 7.12. The van der Waals surface area contributed by atoms with E-state index >= 15 is 0 Å². The molecule has 0 aliphatic carbocycles. The lowest BCUT2D eigenvalue weighted by atomic mass is 9.61. The number of halogens is 2. The first-order valence-electron chi connectivity index (χ1n) is 10.4. The van der Waals surface area contributed by atoms with E-state index < -0.39 is 28.3 Å². The first-order valence-corrected chi connectivity index (χ1v) is 10.4. The molecule has 170 valence electrons. The zero-order valence-electron chi connectivity index (χ0n) is 18.8. The number of aromatic nitrogens is 3. The molecule has 3 heterocycles. The van der Waals surface area contributed by atoms with Crippen molar-refractivity contribution in [1.82, 2.24) is 14.5 Å². The lowest BCUT2D eigenvalue weighted by molar-refractivity contribution is -0.244. The molecule has 1 saturated heterocycles. The van der Waals surface area contributed by atoms with Crippen molar-refractivity contribution in [2.75, 3.05) is 13.7 Å². The molecule has 4 rings (SSSR count). The molecule has 0 saturated carbocycles. The van der Waals surface area contributed by atoms with Crippen molar-refractivity contribution >= 4 is 0 Å². The van der Waals surface area contributed by atoms with Gasteiger partial charge in [-0.05, 0) is 38.1 Å². The Balaban J connectivity index is 1.97. The van der Waals surface area contributed by atoms with E-state index in [0.29, 0.717) is 41.7 Å². The highest BCUT2D eigenvalue weighted by atomic mass is 19.2. The van der Waals surface area contributed by atoms with Gasteiger partial charge >= 0.3 is 0 Å². The van der Waals surface area contributed by atoms with Crippen molar-refractivity contribution in [1.29, 1.82) is 0 Å². The van der Waals surface area contributed by atoms with Crippen LogP contribution in [0.25, 0.3) is 17.1 Å². The Bertz CT molecular complexity index is 1160. The minimum absolute atomic E-state index is 0.326. The Kier molecular flexibility index (Phi) is 5.33. The van der Waals surface area contributed by atoms with E-state index in [1.54, 1.807) is 29.1 Å². The molecule has 1 N–H and O–H groups in total. The Hall–Kier alpha value is -2.84. The van der Waals surface area contributed by atoms with Gasteiger partial charge in [0.2, 0.25) is 5.88 Å². The van der Waals surface area contributed by atoms with Gasteiger partial charge in [-0.15, -0.1) is 0 Å². The molecular formula is C24H27F2N3O3. The molecule has 2 aromatic heterocycles. The summed E-state index contributed by atoms with van der Waals surface area (Å²) in [4.78, 5) is 9.03. The third-order valence-electron chi connectivity index (χ3n) is 6.98. The van der Waals surface area contributed by atoms with E-state index in [4.69, 9.17) is 14.5 Å². The van der Waals surface area contributed by atoms with Gasteiger partial charge in [-0.1, -0.05) is 13.8 Å². The van der Waals surface area contributed by atoms with Crippen LogP contribution >= 0.6 is 0 Å². The minimum atomic E-state index is -1.33. The van der Waals surface area contributed by atoms with Crippen LogP contribution in [0.15, 0.2) is 42.7 Å². The molecule has 6 nitrogen and oxygen atoms in total. The van der Waals surface area contributed by atoms with Gasteiger partial charge in [-0.3, -0.25) is 4.57 Å². The Morgan fingerprint density at radius 3 is 2.56 bits per heavy atom. The van der Waals surface area contributed by atoms with Crippen LogP contribution in [0.4, 0.5) is 8.78 Å². The van der Waals surface area contributed by atoms with Gasteiger partial charge in [-0.25, -0.2) is 18.7 Å². The normalized spacial score (nSPS) is 22.0. The summed E-state index contributed by atoms with van der Waals surface area (Å²) in [5.41, 5.74) is -1.35. The molecule has 0 spiro atoms. The Morgan fingerprint density at radius 1 is 1.12 bits per heavy atom. The number of nitrogens with zero attached hydrogens (tertiary/aromatic N) is 3. The smallest absolute Gasteiger partial charge is 0.224 e. The van der Waals surface area contributed by atoms with Gasteiger partial charge in [0.25, 0.3) is 0 Å². The topological polar surface area (TPSA) is 69.4 Å². The van der Waals surface area contributed by atoms with Crippen LogP contribution in [-0.4, -0.2) is 39.0 Å². The molecule has 8 heteroatoms. The van der Waals surface area contributed by atoms with Gasteiger partial charge < -0.3 is 14.6 Å². The number of hydrogen-bond donors (Lipinski definition) is 1. The van der Waals surface area contributed by atoms with Gasteiger partial charge in [0, 0.05) is 30.3 Å². The predicted molar refractivity (Wildman–Crippen MR) is 116 cm³/mol. The summed E-state index contributed by atoms with van der Waals surface area (Å²) in [6.45, 7) is 8.11.